The van der Waals surface area contributed by atoms with Gasteiger partial charge in [-0.15, -0.1) is 0 Å². The molecule has 1 atom stereocenters. The van der Waals surface area contributed by atoms with E-state index in [0.717, 1.165) is 10.4 Å². The summed E-state index contributed by atoms with van der Waals surface area (Å²) in [5, 5.41) is 2.00. The first-order valence-electron chi connectivity index (χ1n) is 10.3. The van der Waals surface area contributed by atoms with Crippen molar-refractivity contribution >= 4 is 30.4 Å². The van der Waals surface area contributed by atoms with Crippen molar-refractivity contribution in [3.8, 4) is 0 Å². The highest BCUT2D eigenvalue weighted by Crippen LogP contribution is 2.38. The minimum absolute atomic E-state index is 0.0588. The molecule has 160 valence electrons. The molecule has 0 aliphatic carbocycles. The molecule has 0 heterocycles. The lowest BCUT2D eigenvalue weighted by Crippen LogP contribution is -2.68. The van der Waals surface area contributed by atoms with Crippen molar-refractivity contribution in [2.24, 2.45) is 0 Å². The summed E-state index contributed by atoms with van der Waals surface area (Å²) in [6.07, 6.45) is 2.70. The summed E-state index contributed by atoms with van der Waals surface area (Å²) in [5.41, 5.74) is 0. The molecular weight excluding hydrogens is 392 g/mol. The van der Waals surface area contributed by atoms with E-state index in [9.17, 15) is 9.59 Å². The summed E-state index contributed by atoms with van der Waals surface area (Å²) in [7, 11) is -2.84. The highest BCUT2D eigenvalue weighted by atomic mass is 28.4. The van der Waals surface area contributed by atoms with Crippen LogP contribution < -0.4 is 10.4 Å². The van der Waals surface area contributed by atoms with Crippen molar-refractivity contribution in [3.05, 3.63) is 72.8 Å². The van der Waals surface area contributed by atoms with Crippen LogP contribution >= 0.6 is 0 Å². The van der Waals surface area contributed by atoms with E-state index in [0.29, 0.717) is 13.0 Å². The second kappa shape index (κ2) is 10.5. The monoisotopic (exact) mass is 424 g/mol. The number of esters is 1. The van der Waals surface area contributed by atoms with Crippen molar-refractivity contribution < 1.29 is 18.8 Å². The quantitative estimate of drug-likeness (QED) is 0.346. The third-order valence-electron chi connectivity index (χ3n) is 5.08. The SMILES string of the molecule is CCOC(=O)/C=C/C[C@H](O[Si](c1ccccc1)(c1ccccc1)C(C)(C)C)C(C)=O. The predicted octanol–water partition coefficient (Wildman–Crippen LogP) is 4.03. The normalized spacial score (nSPS) is 13.2. The molecule has 0 aromatic heterocycles. The molecular formula is C25H32O4Si. The Morgan fingerprint density at radius 1 is 0.967 bits per heavy atom. The van der Waals surface area contributed by atoms with Gasteiger partial charge in [0.05, 0.1) is 6.61 Å². The summed E-state index contributed by atoms with van der Waals surface area (Å²) < 4.78 is 11.8. The van der Waals surface area contributed by atoms with Crippen LogP contribution in [0.4, 0.5) is 0 Å². The molecule has 4 nitrogen and oxygen atoms in total. The maximum Gasteiger partial charge on any atom is 0.330 e. The Balaban J connectivity index is 2.53. The van der Waals surface area contributed by atoms with Crippen LogP contribution in [0, 0.1) is 0 Å². The summed E-state index contributed by atoms with van der Waals surface area (Å²) >= 11 is 0. The van der Waals surface area contributed by atoms with Crippen LogP contribution in [0.3, 0.4) is 0 Å². The number of benzene rings is 2. The second-order valence-electron chi connectivity index (χ2n) is 8.27. The Morgan fingerprint density at radius 2 is 1.47 bits per heavy atom. The number of carbonyl (C=O) groups is 2. The van der Waals surface area contributed by atoms with Crippen molar-refractivity contribution in [1.82, 2.24) is 0 Å². The molecule has 0 bridgehead atoms. The fourth-order valence-electron chi connectivity index (χ4n) is 3.68. The van der Waals surface area contributed by atoms with Gasteiger partial charge >= 0.3 is 5.97 Å². The molecule has 0 spiro atoms. The van der Waals surface area contributed by atoms with Crippen molar-refractivity contribution in [1.29, 1.82) is 0 Å². The van der Waals surface area contributed by atoms with Gasteiger partial charge in [0.2, 0.25) is 0 Å². The minimum atomic E-state index is -2.84. The molecule has 2 aromatic rings. The lowest BCUT2D eigenvalue weighted by molar-refractivity contribution is -0.137. The molecule has 0 aliphatic heterocycles. The third kappa shape index (κ3) is 5.55. The van der Waals surface area contributed by atoms with Crippen LogP contribution in [0.5, 0.6) is 0 Å². The molecule has 0 aliphatic rings. The molecule has 0 radical (unpaired) electrons. The highest BCUT2D eigenvalue weighted by molar-refractivity contribution is 6.99. The second-order valence-corrected chi connectivity index (χ2v) is 12.5. The predicted molar refractivity (Wildman–Crippen MR) is 124 cm³/mol. The molecule has 5 heteroatoms. The first-order chi connectivity index (χ1) is 14.2. The van der Waals surface area contributed by atoms with Crippen LogP contribution in [0.2, 0.25) is 5.04 Å². The number of ether oxygens (including phenoxy) is 1. The zero-order chi connectivity index (χ0) is 22.2. The van der Waals surface area contributed by atoms with Crippen molar-refractivity contribution in [2.45, 2.75) is 52.2 Å². The van der Waals surface area contributed by atoms with E-state index in [1.165, 1.54) is 6.08 Å². The highest BCUT2D eigenvalue weighted by Gasteiger charge is 2.51. The van der Waals surface area contributed by atoms with Gasteiger partial charge in [-0.25, -0.2) is 4.79 Å². The number of hydrogen-bond donors (Lipinski definition) is 0. The van der Waals surface area contributed by atoms with E-state index in [4.69, 9.17) is 9.16 Å². The van der Waals surface area contributed by atoms with Gasteiger partial charge in [-0.3, -0.25) is 4.79 Å². The zero-order valence-electron chi connectivity index (χ0n) is 18.6. The standard InChI is InChI=1S/C25H32O4Si/c1-6-28-24(27)19-13-18-23(20(2)26)29-30(25(3,4)5,21-14-9-7-10-15-21)22-16-11-8-12-17-22/h7-17,19,23H,6,18H2,1-5H3/b19-13+/t23-/m0/s1. The minimum Gasteiger partial charge on any atom is -0.463 e. The van der Waals surface area contributed by atoms with Gasteiger partial charge < -0.3 is 9.16 Å². The molecule has 30 heavy (non-hydrogen) atoms. The molecule has 0 fully saturated rings. The average molecular weight is 425 g/mol. The first-order valence-corrected chi connectivity index (χ1v) is 12.3. The summed E-state index contributed by atoms with van der Waals surface area (Å²) in [4.78, 5) is 24.2. The maximum atomic E-state index is 12.6. The van der Waals surface area contributed by atoms with Gasteiger partial charge in [0, 0.05) is 6.08 Å². The lowest BCUT2D eigenvalue weighted by Gasteiger charge is -2.44. The Labute approximate surface area is 181 Å². The van der Waals surface area contributed by atoms with E-state index >= 15 is 0 Å². The lowest BCUT2D eigenvalue weighted by atomic mass is 10.2. The number of carbonyl (C=O) groups excluding carboxylic acids is 2. The number of Topliss-reactive ketones (excluding diaryl/α,β-unsaturated/α-hetero) is 1. The maximum absolute atomic E-state index is 12.6. The van der Waals surface area contributed by atoms with Gasteiger partial charge in [0.25, 0.3) is 8.32 Å². The number of ketones is 1. The number of rotatable bonds is 9. The van der Waals surface area contributed by atoms with E-state index in [-0.39, 0.29) is 10.8 Å². The molecule has 0 N–H and O–H groups in total. The van der Waals surface area contributed by atoms with E-state index in [2.05, 4.69) is 45.0 Å². The Bertz CT molecular complexity index is 814. The number of hydrogen-bond acceptors (Lipinski definition) is 4. The molecule has 2 rings (SSSR count). The molecule has 2 aromatic carbocycles. The van der Waals surface area contributed by atoms with Crippen LogP contribution in [0.15, 0.2) is 72.8 Å². The van der Waals surface area contributed by atoms with Crippen LogP contribution in [-0.4, -0.2) is 32.8 Å². The summed E-state index contributed by atoms with van der Waals surface area (Å²) in [6, 6.07) is 20.4. The Hall–Kier alpha value is -2.50. The Morgan fingerprint density at radius 3 is 1.87 bits per heavy atom. The average Bonchev–Trinajstić information content (AvgIpc) is 2.71. The van der Waals surface area contributed by atoms with Crippen LogP contribution in [0.1, 0.15) is 41.0 Å². The van der Waals surface area contributed by atoms with E-state index < -0.39 is 20.4 Å². The van der Waals surface area contributed by atoms with Gasteiger partial charge in [0.1, 0.15) is 6.10 Å². The Kier molecular flexibility index (Phi) is 8.32. The van der Waals surface area contributed by atoms with Gasteiger partial charge in [-0.1, -0.05) is 87.5 Å². The molecule has 0 amide bonds. The molecule has 0 unspecified atom stereocenters. The smallest absolute Gasteiger partial charge is 0.330 e. The largest absolute Gasteiger partial charge is 0.463 e. The fourth-order valence-corrected chi connectivity index (χ4v) is 8.38. The summed E-state index contributed by atoms with van der Waals surface area (Å²) in [5.74, 6) is -0.471. The molecule has 0 saturated heterocycles. The van der Waals surface area contributed by atoms with E-state index in [1.54, 1.807) is 19.9 Å². The third-order valence-corrected chi connectivity index (χ3v) is 10.1. The first kappa shape index (κ1) is 23.8. The fraction of sp³-hybridized carbons (Fsp3) is 0.360. The van der Waals surface area contributed by atoms with Crippen LogP contribution in [0.25, 0.3) is 0 Å². The summed E-state index contributed by atoms with van der Waals surface area (Å²) in [6.45, 7) is 10.1. The van der Waals surface area contributed by atoms with E-state index in [1.807, 2.05) is 36.4 Å². The van der Waals surface area contributed by atoms with Gasteiger partial charge in [-0.05, 0) is 35.7 Å². The van der Waals surface area contributed by atoms with Crippen molar-refractivity contribution in [2.75, 3.05) is 6.61 Å². The molecule has 0 saturated carbocycles. The van der Waals surface area contributed by atoms with Crippen molar-refractivity contribution in [3.63, 3.8) is 0 Å². The zero-order valence-corrected chi connectivity index (χ0v) is 19.6. The topological polar surface area (TPSA) is 52.6 Å². The van der Waals surface area contributed by atoms with Gasteiger partial charge in [0.15, 0.2) is 5.78 Å². The van der Waals surface area contributed by atoms with Crippen LogP contribution in [-0.2, 0) is 18.8 Å². The van der Waals surface area contributed by atoms with Gasteiger partial charge in [-0.2, -0.15) is 0 Å².